The van der Waals surface area contributed by atoms with Crippen molar-refractivity contribution in [2.24, 2.45) is 5.92 Å². The Bertz CT molecular complexity index is 744. The Morgan fingerprint density at radius 1 is 1.00 bits per heavy atom. The van der Waals surface area contributed by atoms with Gasteiger partial charge in [0, 0.05) is 19.6 Å². The van der Waals surface area contributed by atoms with Crippen LogP contribution in [0.1, 0.15) is 12.8 Å². The molecule has 4 rings (SSSR count). The van der Waals surface area contributed by atoms with Gasteiger partial charge in [-0.2, -0.15) is 0 Å². The molecule has 1 fully saturated rings. The number of methoxy groups -OCH3 is 1. The van der Waals surface area contributed by atoms with Gasteiger partial charge in [0.2, 0.25) is 0 Å². The van der Waals surface area contributed by atoms with Crippen molar-refractivity contribution in [1.82, 2.24) is 5.32 Å². The van der Waals surface area contributed by atoms with E-state index < -0.39 is 0 Å². The molecule has 2 aliphatic rings. The minimum atomic E-state index is 0.0774. The molecule has 0 spiro atoms. The summed E-state index contributed by atoms with van der Waals surface area (Å²) in [4.78, 5) is 2.43. The molecule has 2 aliphatic heterocycles. The predicted molar refractivity (Wildman–Crippen MR) is 107 cm³/mol. The van der Waals surface area contributed by atoms with Crippen molar-refractivity contribution in [2.45, 2.75) is 18.9 Å². The van der Waals surface area contributed by atoms with E-state index in [1.807, 2.05) is 36.4 Å². The zero-order valence-corrected chi connectivity index (χ0v) is 15.9. The van der Waals surface area contributed by atoms with Gasteiger partial charge in [0.25, 0.3) is 0 Å². The Labute approximate surface area is 161 Å². The predicted octanol–water partition coefficient (Wildman–Crippen LogP) is 3.34. The molecular weight excluding hydrogens is 340 g/mol. The summed E-state index contributed by atoms with van der Waals surface area (Å²) in [6, 6.07) is 16.2. The van der Waals surface area contributed by atoms with Crippen molar-refractivity contribution in [3.05, 3.63) is 48.5 Å². The van der Waals surface area contributed by atoms with Crippen molar-refractivity contribution >= 4 is 5.69 Å². The van der Waals surface area contributed by atoms with E-state index in [1.165, 1.54) is 18.5 Å². The topological polar surface area (TPSA) is 43.0 Å². The van der Waals surface area contributed by atoms with Crippen molar-refractivity contribution in [3.63, 3.8) is 0 Å². The highest BCUT2D eigenvalue weighted by molar-refractivity contribution is 5.58. The molecule has 5 nitrogen and oxygen atoms in total. The molecule has 27 heavy (non-hydrogen) atoms. The Morgan fingerprint density at radius 2 is 1.74 bits per heavy atom. The average Bonchev–Trinajstić information content (AvgIpc) is 2.74. The van der Waals surface area contributed by atoms with E-state index in [-0.39, 0.29) is 6.10 Å². The van der Waals surface area contributed by atoms with Crippen molar-refractivity contribution in [3.8, 4) is 17.2 Å². The zero-order valence-electron chi connectivity index (χ0n) is 15.9. The third-order valence-corrected chi connectivity index (χ3v) is 5.41. The Hall–Kier alpha value is -2.40. The summed E-state index contributed by atoms with van der Waals surface area (Å²) in [5.41, 5.74) is 1.21. The van der Waals surface area contributed by atoms with Crippen LogP contribution in [0.3, 0.4) is 0 Å². The van der Waals surface area contributed by atoms with Crippen molar-refractivity contribution in [1.29, 1.82) is 0 Å². The minimum Gasteiger partial charge on any atom is -0.495 e. The molecule has 0 bridgehead atoms. The quantitative estimate of drug-likeness (QED) is 0.847. The fourth-order valence-corrected chi connectivity index (χ4v) is 3.88. The molecule has 0 aromatic heterocycles. The summed E-state index contributed by atoms with van der Waals surface area (Å²) in [5.74, 6) is 3.36. The standard InChI is InChI=1S/C22H28N2O3/c1-25-20-7-3-2-6-19(20)24-12-10-17(11-13-24)14-23-15-18-16-26-21-8-4-5-9-22(21)27-18/h2-9,17-18,23H,10-16H2,1H3/t18-/m1/s1. The molecule has 1 atom stereocenters. The number of anilines is 1. The summed E-state index contributed by atoms with van der Waals surface area (Å²) in [5, 5.41) is 3.58. The van der Waals surface area contributed by atoms with Crippen LogP contribution in [0, 0.1) is 5.92 Å². The molecule has 0 amide bonds. The molecule has 5 heteroatoms. The number of para-hydroxylation sites is 4. The maximum Gasteiger partial charge on any atom is 0.161 e. The molecule has 0 saturated carbocycles. The third-order valence-electron chi connectivity index (χ3n) is 5.41. The Balaban J connectivity index is 1.20. The second-order valence-corrected chi connectivity index (χ2v) is 7.26. The number of nitrogens with zero attached hydrogens (tertiary/aromatic N) is 1. The van der Waals surface area contributed by atoms with Gasteiger partial charge >= 0.3 is 0 Å². The van der Waals surface area contributed by atoms with Crippen LogP contribution in [0.2, 0.25) is 0 Å². The fraction of sp³-hybridized carbons (Fsp3) is 0.455. The number of benzene rings is 2. The van der Waals surface area contributed by atoms with Crippen LogP contribution >= 0.6 is 0 Å². The van der Waals surface area contributed by atoms with E-state index in [2.05, 4.69) is 22.3 Å². The summed E-state index contributed by atoms with van der Waals surface area (Å²) in [6.07, 6.45) is 2.46. The summed E-state index contributed by atoms with van der Waals surface area (Å²) in [6.45, 7) is 4.60. The van der Waals surface area contributed by atoms with E-state index in [9.17, 15) is 0 Å². The number of hydrogen-bond donors (Lipinski definition) is 1. The van der Waals surface area contributed by atoms with E-state index in [4.69, 9.17) is 14.2 Å². The monoisotopic (exact) mass is 368 g/mol. The molecule has 1 saturated heterocycles. The van der Waals surface area contributed by atoms with Gasteiger partial charge in [-0.05, 0) is 49.6 Å². The fourth-order valence-electron chi connectivity index (χ4n) is 3.88. The summed E-state index contributed by atoms with van der Waals surface area (Å²) >= 11 is 0. The maximum absolute atomic E-state index is 6.01. The number of piperidine rings is 1. The Kier molecular flexibility index (Phi) is 5.68. The van der Waals surface area contributed by atoms with Gasteiger partial charge in [-0.15, -0.1) is 0 Å². The van der Waals surface area contributed by atoms with Gasteiger partial charge in [0.15, 0.2) is 11.5 Å². The molecule has 144 valence electrons. The maximum atomic E-state index is 6.01. The molecule has 0 radical (unpaired) electrons. The molecule has 1 N–H and O–H groups in total. The summed E-state index contributed by atoms with van der Waals surface area (Å²) < 4.78 is 17.3. The first-order chi connectivity index (χ1) is 13.3. The minimum absolute atomic E-state index is 0.0774. The lowest BCUT2D eigenvalue weighted by molar-refractivity contribution is 0.0894. The van der Waals surface area contributed by atoms with E-state index in [1.54, 1.807) is 7.11 Å². The van der Waals surface area contributed by atoms with Crippen LogP contribution in [0.5, 0.6) is 17.2 Å². The number of fused-ring (bicyclic) bond motifs is 1. The van der Waals surface area contributed by atoms with Crippen LogP contribution in [0.25, 0.3) is 0 Å². The second kappa shape index (κ2) is 8.53. The Morgan fingerprint density at radius 3 is 2.56 bits per heavy atom. The van der Waals surface area contributed by atoms with Crippen LogP contribution in [-0.2, 0) is 0 Å². The molecule has 2 aromatic carbocycles. The number of ether oxygens (including phenoxy) is 3. The molecular formula is C22H28N2O3. The van der Waals surface area contributed by atoms with Gasteiger partial charge in [-0.25, -0.2) is 0 Å². The number of nitrogens with one attached hydrogen (secondary N) is 1. The van der Waals surface area contributed by atoms with Crippen molar-refractivity contribution < 1.29 is 14.2 Å². The summed E-state index contributed by atoms with van der Waals surface area (Å²) in [7, 11) is 1.74. The van der Waals surface area contributed by atoms with Gasteiger partial charge in [0.1, 0.15) is 18.5 Å². The van der Waals surface area contributed by atoms with Gasteiger partial charge in [-0.1, -0.05) is 24.3 Å². The third kappa shape index (κ3) is 4.30. The first-order valence-corrected chi connectivity index (χ1v) is 9.80. The number of rotatable bonds is 6. The van der Waals surface area contributed by atoms with Gasteiger partial charge < -0.3 is 24.4 Å². The lowest BCUT2D eigenvalue weighted by Crippen LogP contribution is -2.42. The average molecular weight is 368 g/mol. The molecule has 0 aliphatic carbocycles. The SMILES string of the molecule is COc1ccccc1N1CCC(CNC[C@@H]2COc3ccccc3O2)CC1. The first kappa shape index (κ1) is 18.0. The lowest BCUT2D eigenvalue weighted by Gasteiger charge is -2.34. The normalized spacial score (nSPS) is 19.7. The zero-order chi connectivity index (χ0) is 18.5. The highest BCUT2D eigenvalue weighted by Crippen LogP contribution is 2.32. The van der Waals surface area contributed by atoms with Crippen LogP contribution in [0.15, 0.2) is 48.5 Å². The van der Waals surface area contributed by atoms with Gasteiger partial charge in [-0.3, -0.25) is 0 Å². The van der Waals surface area contributed by atoms with Gasteiger partial charge in [0.05, 0.1) is 12.8 Å². The lowest BCUT2D eigenvalue weighted by atomic mass is 9.96. The highest BCUT2D eigenvalue weighted by atomic mass is 16.6. The molecule has 0 unspecified atom stereocenters. The number of hydrogen-bond acceptors (Lipinski definition) is 5. The van der Waals surface area contributed by atoms with E-state index in [0.717, 1.165) is 43.4 Å². The van der Waals surface area contributed by atoms with Crippen LogP contribution in [0.4, 0.5) is 5.69 Å². The van der Waals surface area contributed by atoms with Crippen LogP contribution in [-0.4, -0.2) is 46.0 Å². The smallest absolute Gasteiger partial charge is 0.161 e. The molecule has 2 heterocycles. The van der Waals surface area contributed by atoms with E-state index in [0.29, 0.717) is 12.5 Å². The first-order valence-electron chi connectivity index (χ1n) is 9.80. The van der Waals surface area contributed by atoms with Crippen molar-refractivity contribution in [2.75, 3.05) is 44.8 Å². The van der Waals surface area contributed by atoms with E-state index >= 15 is 0 Å². The van der Waals surface area contributed by atoms with Crippen LogP contribution < -0.4 is 24.4 Å². The largest absolute Gasteiger partial charge is 0.495 e. The molecule has 2 aromatic rings. The second-order valence-electron chi connectivity index (χ2n) is 7.26. The highest BCUT2D eigenvalue weighted by Gasteiger charge is 2.23.